The number of nitro benzene ring substituents is 1. The third kappa shape index (κ3) is 3.11. The Bertz CT molecular complexity index is 950. The fourth-order valence-electron chi connectivity index (χ4n) is 3.31. The van der Waals surface area contributed by atoms with Crippen LogP contribution in [0, 0.1) is 15.9 Å². The molecule has 0 saturated carbocycles. The third-order valence-corrected chi connectivity index (χ3v) is 4.74. The number of fused-ring (bicyclic) bond motifs is 1. The van der Waals surface area contributed by atoms with Gasteiger partial charge in [-0.25, -0.2) is 4.39 Å². The second-order valence-electron chi connectivity index (χ2n) is 6.34. The lowest BCUT2D eigenvalue weighted by atomic mass is 10.2. The first-order valence-corrected chi connectivity index (χ1v) is 8.43. The lowest BCUT2D eigenvalue weighted by Gasteiger charge is -2.36. The fourth-order valence-corrected chi connectivity index (χ4v) is 3.31. The summed E-state index contributed by atoms with van der Waals surface area (Å²) in [6.07, 6.45) is 1.72. The summed E-state index contributed by atoms with van der Waals surface area (Å²) in [6.45, 7) is 3.53. The van der Waals surface area contributed by atoms with E-state index >= 15 is 0 Å². The van der Waals surface area contributed by atoms with Gasteiger partial charge < -0.3 is 4.90 Å². The van der Waals surface area contributed by atoms with Crippen molar-refractivity contribution in [3.8, 4) is 0 Å². The zero-order valence-electron chi connectivity index (χ0n) is 14.1. The number of benzene rings is 2. The topological polar surface area (TPSA) is 67.4 Å². The standard InChI is InChI=1S/C18H18FN5O2/c19-16-3-1-2-4-17(16)22-9-7-21(8-10-22)13-23-18-11-15(24(25)26)6-5-14(18)12-20-23/h1-6,11-12H,7-10,13H2. The number of rotatable bonds is 4. The average molecular weight is 355 g/mol. The number of non-ortho nitro benzene ring substituents is 1. The number of piperazine rings is 1. The number of halogens is 1. The Kier molecular flexibility index (Phi) is 4.26. The molecular weight excluding hydrogens is 337 g/mol. The average Bonchev–Trinajstić information content (AvgIpc) is 3.05. The summed E-state index contributed by atoms with van der Waals surface area (Å²) >= 11 is 0. The van der Waals surface area contributed by atoms with Gasteiger partial charge in [0.15, 0.2) is 0 Å². The predicted octanol–water partition coefficient (Wildman–Crippen LogP) is 2.86. The van der Waals surface area contributed by atoms with Crippen LogP contribution in [0.15, 0.2) is 48.7 Å². The van der Waals surface area contributed by atoms with E-state index in [1.54, 1.807) is 35.1 Å². The molecule has 1 saturated heterocycles. The van der Waals surface area contributed by atoms with Crippen molar-refractivity contribution in [2.24, 2.45) is 0 Å². The van der Waals surface area contributed by atoms with Gasteiger partial charge in [-0.15, -0.1) is 0 Å². The predicted molar refractivity (Wildman–Crippen MR) is 96.6 cm³/mol. The van der Waals surface area contributed by atoms with Crippen LogP contribution in [-0.2, 0) is 6.67 Å². The van der Waals surface area contributed by atoms with Crippen molar-refractivity contribution in [2.45, 2.75) is 6.67 Å². The van der Waals surface area contributed by atoms with E-state index in [4.69, 9.17) is 0 Å². The first-order valence-electron chi connectivity index (χ1n) is 8.43. The molecule has 0 bridgehead atoms. The molecule has 0 atom stereocenters. The highest BCUT2D eigenvalue weighted by Gasteiger charge is 2.20. The lowest BCUT2D eigenvalue weighted by Crippen LogP contribution is -2.47. The van der Waals surface area contributed by atoms with Gasteiger partial charge in [-0.2, -0.15) is 5.10 Å². The van der Waals surface area contributed by atoms with Crippen LogP contribution < -0.4 is 4.90 Å². The van der Waals surface area contributed by atoms with E-state index in [0.29, 0.717) is 12.4 Å². The Labute approximate surface area is 149 Å². The van der Waals surface area contributed by atoms with E-state index in [9.17, 15) is 14.5 Å². The van der Waals surface area contributed by atoms with Crippen LogP contribution in [0.5, 0.6) is 0 Å². The minimum absolute atomic E-state index is 0.0589. The van der Waals surface area contributed by atoms with Crippen LogP contribution >= 0.6 is 0 Å². The number of hydrogen-bond donors (Lipinski definition) is 0. The summed E-state index contributed by atoms with van der Waals surface area (Å²) in [5, 5.41) is 16.2. The summed E-state index contributed by atoms with van der Waals surface area (Å²) in [5.74, 6) is -0.202. The van der Waals surface area contributed by atoms with Crippen LogP contribution in [-0.4, -0.2) is 45.8 Å². The molecule has 1 aliphatic heterocycles. The molecule has 0 N–H and O–H groups in total. The Morgan fingerprint density at radius 2 is 1.88 bits per heavy atom. The third-order valence-electron chi connectivity index (χ3n) is 4.74. The number of nitrogens with zero attached hydrogens (tertiary/aromatic N) is 5. The number of nitro groups is 1. The molecule has 0 radical (unpaired) electrons. The van der Waals surface area contributed by atoms with Crippen molar-refractivity contribution in [3.63, 3.8) is 0 Å². The second kappa shape index (κ2) is 6.72. The van der Waals surface area contributed by atoms with E-state index in [-0.39, 0.29) is 11.5 Å². The molecule has 2 heterocycles. The van der Waals surface area contributed by atoms with Crippen molar-refractivity contribution in [1.82, 2.24) is 14.7 Å². The zero-order chi connectivity index (χ0) is 18.1. The van der Waals surface area contributed by atoms with Crippen molar-refractivity contribution in [3.05, 3.63) is 64.6 Å². The normalized spacial score (nSPS) is 15.5. The second-order valence-corrected chi connectivity index (χ2v) is 6.34. The van der Waals surface area contributed by atoms with Crippen molar-refractivity contribution >= 4 is 22.3 Å². The first kappa shape index (κ1) is 16.5. The molecule has 1 aliphatic rings. The van der Waals surface area contributed by atoms with Crippen molar-refractivity contribution in [1.29, 1.82) is 0 Å². The molecule has 0 spiro atoms. The maximum atomic E-state index is 13.9. The molecule has 4 rings (SSSR count). The van der Waals surface area contributed by atoms with Crippen LogP contribution in [0.2, 0.25) is 0 Å². The molecule has 1 aromatic heterocycles. The lowest BCUT2D eigenvalue weighted by molar-refractivity contribution is -0.384. The van der Waals surface area contributed by atoms with Crippen LogP contribution in [0.3, 0.4) is 0 Å². The molecule has 1 fully saturated rings. The summed E-state index contributed by atoms with van der Waals surface area (Å²) in [7, 11) is 0. The van der Waals surface area contributed by atoms with E-state index in [1.807, 2.05) is 11.0 Å². The fraction of sp³-hybridized carbons (Fsp3) is 0.278. The van der Waals surface area contributed by atoms with Gasteiger partial charge in [0.2, 0.25) is 0 Å². The molecule has 0 unspecified atom stereocenters. The maximum Gasteiger partial charge on any atom is 0.271 e. The number of para-hydroxylation sites is 1. The zero-order valence-corrected chi connectivity index (χ0v) is 14.1. The highest BCUT2D eigenvalue weighted by molar-refractivity contribution is 5.80. The molecule has 134 valence electrons. The number of aromatic nitrogens is 2. The van der Waals surface area contributed by atoms with Crippen molar-refractivity contribution < 1.29 is 9.31 Å². The minimum atomic E-state index is -0.399. The molecule has 26 heavy (non-hydrogen) atoms. The van der Waals surface area contributed by atoms with Gasteiger partial charge in [-0.3, -0.25) is 19.7 Å². The molecule has 8 heteroatoms. The van der Waals surface area contributed by atoms with Gasteiger partial charge in [-0.1, -0.05) is 12.1 Å². The van der Waals surface area contributed by atoms with Gasteiger partial charge in [0.1, 0.15) is 5.82 Å². The summed E-state index contributed by atoms with van der Waals surface area (Å²) in [6, 6.07) is 11.6. The largest absolute Gasteiger partial charge is 0.367 e. The van der Waals surface area contributed by atoms with E-state index in [0.717, 1.165) is 37.1 Å². The smallest absolute Gasteiger partial charge is 0.271 e. The highest BCUT2D eigenvalue weighted by atomic mass is 19.1. The van der Waals surface area contributed by atoms with Gasteiger partial charge in [0.05, 0.1) is 29.0 Å². The summed E-state index contributed by atoms with van der Waals surface area (Å²) in [4.78, 5) is 14.8. The number of anilines is 1. The molecule has 0 aliphatic carbocycles. The van der Waals surface area contributed by atoms with E-state index in [1.165, 1.54) is 12.1 Å². The van der Waals surface area contributed by atoms with E-state index in [2.05, 4.69) is 10.00 Å². The van der Waals surface area contributed by atoms with Crippen LogP contribution in [0.1, 0.15) is 0 Å². The Hall–Kier alpha value is -3.00. The van der Waals surface area contributed by atoms with Crippen molar-refractivity contribution in [2.75, 3.05) is 31.1 Å². The minimum Gasteiger partial charge on any atom is -0.367 e. The van der Waals surface area contributed by atoms with Gasteiger partial charge >= 0.3 is 0 Å². The molecular formula is C18H18FN5O2. The Morgan fingerprint density at radius 3 is 2.62 bits per heavy atom. The summed E-state index contributed by atoms with van der Waals surface area (Å²) in [5.41, 5.74) is 1.44. The van der Waals surface area contributed by atoms with Crippen LogP contribution in [0.4, 0.5) is 15.8 Å². The van der Waals surface area contributed by atoms with Gasteiger partial charge in [0.25, 0.3) is 5.69 Å². The quantitative estimate of drug-likeness (QED) is 0.532. The maximum absolute atomic E-state index is 13.9. The van der Waals surface area contributed by atoms with Gasteiger partial charge in [-0.05, 0) is 18.2 Å². The van der Waals surface area contributed by atoms with E-state index < -0.39 is 4.92 Å². The SMILES string of the molecule is O=[N+]([O-])c1ccc2cnn(CN3CCN(c4ccccc4F)CC3)c2c1. The molecule has 7 nitrogen and oxygen atoms in total. The first-order chi connectivity index (χ1) is 12.6. The monoisotopic (exact) mass is 355 g/mol. The molecule has 0 amide bonds. The van der Waals surface area contributed by atoms with Gasteiger partial charge in [0, 0.05) is 43.7 Å². The molecule has 2 aromatic carbocycles. The number of hydrogen-bond acceptors (Lipinski definition) is 5. The Balaban J connectivity index is 1.46. The summed E-state index contributed by atoms with van der Waals surface area (Å²) < 4.78 is 15.7. The molecule has 3 aromatic rings. The van der Waals surface area contributed by atoms with Crippen LogP contribution in [0.25, 0.3) is 10.9 Å². The Morgan fingerprint density at radius 1 is 1.12 bits per heavy atom. The highest BCUT2D eigenvalue weighted by Crippen LogP contribution is 2.22.